The highest BCUT2D eigenvalue weighted by Gasteiger charge is 2.28. The van der Waals surface area contributed by atoms with Crippen LogP contribution in [0.3, 0.4) is 0 Å². The van der Waals surface area contributed by atoms with Gasteiger partial charge in [-0.1, -0.05) is 36.5 Å². The van der Waals surface area contributed by atoms with Crippen molar-refractivity contribution in [2.75, 3.05) is 20.3 Å². The van der Waals surface area contributed by atoms with Gasteiger partial charge in [-0.05, 0) is 43.7 Å². The van der Waals surface area contributed by atoms with Crippen molar-refractivity contribution in [1.29, 1.82) is 0 Å². The number of nitrogens with zero attached hydrogens (tertiary/aromatic N) is 5. The Labute approximate surface area is 210 Å². The number of hydrogen-bond acceptors (Lipinski definition) is 7. The van der Waals surface area contributed by atoms with E-state index in [2.05, 4.69) is 21.6 Å². The van der Waals surface area contributed by atoms with Crippen LogP contribution in [0.1, 0.15) is 57.2 Å². The van der Waals surface area contributed by atoms with Gasteiger partial charge in [-0.3, -0.25) is 4.98 Å². The summed E-state index contributed by atoms with van der Waals surface area (Å²) in [5.41, 5.74) is 9.12. The van der Waals surface area contributed by atoms with E-state index in [4.69, 9.17) is 36.8 Å². The number of imidazole rings is 1. The molecule has 0 spiro atoms. The van der Waals surface area contributed by atoms with Crippen molar-refractivity contribution in [2.45, 2.75) is 52.2 Å². The zero-order valence-corrected chi connectivity index (χ0v) is 21.2. The SMILES string of the molecule is CCOC(COC)c1nc2cc(/C(N)=N/O)nc(-c3cncc(Cl)c3)c2n1C[C@H]1CC[C@H](C)CC1. The number of ether oxygens (including phenoxy) is 2. The minimum atomic E-state index is -0.349. The van der Waals surface area contributed by atoms with Crippen molar-refractivity contribution in [3.05, 3.63) is 41.1 Å². The van der Waals surface area contributed by atoms with E-state index in [0.29, 0.717) is 41.1 Å². The van der Waals surface area contributed by atoms with E-state index in [0.717, 1.165) is 42.2 Å². The zero-order valence-electron chi connectivity index (χ0n) is 20.4. The highest BCUT2D eigenvalue weighted by atomic mass is 35.5. The van der Waals surface area contributed by atoms with Gasteiger partial charge in [-0.25, -0.2) is 9.97 Å². The van der Waals surface area contributed by atoms with Gasteiger partial charge in [-0.15, -0.1) is 0 Å². The maximum Gasteiger partial charge on any atom is 0.188 e. The standard InChI is InChI=1S/C25H33ClN6O3/c1-4-35-21(14-34-3)25-30-19-10-20(24(27)31-33)29-22(17-9-18(26)12-28-11-17)23(19)32(25)13-16-7-5-15(2)6-8-16/h9-12,15-16,21,33H,4-8,13-14H2,1-3H3,(H2,27,31)/t15-,16-,21?. The van der Waals surface area contributed by atoms with Gasteiger partial charge in [0.05, 0.1) is 28.4 Å². The molecule has 3 N–H and O–H groups in total. The van der Waals surface area contributed by atoms with E-state index < -0.39 is 0 Å². The van der Waals surface area contributed by atoms with Crippen molar-refractivity contribution in [3.8, 4) is 11.3 Å². The van der Waals surface area contributed by atoms with Crippen molar-refractivity contribution in [2.24, 2.45) is 22.7 Å². The molecule has 1 aliphatic rings. The molecule has 9 nitrogen and oxygen atoms in total. The predicted molar refractivity (Wildman–Crippen MR) is 136 cm³/mol. The second-order valence-corrected chi connectivity index (χ2v) is 9.64. The average molecular weight is 501 g/mol. The third-order valence-corrected chi connectivity index (χ3v) is 6.86. The molecule has 3 aromatic rings. The summed E-state index contributed by atoms with van der Waals surface area (Å²) in [7, 11) is 1.66. The molecule has 3 aromatic heterocycles. The Morgan fingerprint density at radius 3 is 2.69 bits per heavy atom. The van der Waals surface area contributed by atoms with Gasteiger partial charge in [0.15, 0.2) is 5.84 Å². The molecule has 0 aliphatic heterocycles. The molecule has 1 aliphatic carbocycles. The van der Waals surface area contributed by atoms with E-state index in [1.165, 1.54) is 12.8 Å². The van der Waals surface area contributed by atoms with E-state index in [1.54, 1.807) is 31.6 Å². The molecule has 0 bridgehead atoms. The van der Waals surface area contributed by atoms with Crippen LogP contribution in [0.4, 0.5) is 0 Å². The summed E-state index contributed by atoms with van der Waals surface area (Å²) in [5, 5.41) is 13.0. The first kappa shape index (κ1) is 25.3. The lowest BCUT2D eigenvalue weighted by Crippen LogP contribution is -2.22. The number of rotatable bonds is 9. The summed E-state index contributed by atoms with van der Waals surface area (Å²) >= 11 is 6.29. The Hall–Kier alpha value is -2.75. The molecule has 0 radical (unpaired) electrons. The summed E-state index contributed by atoms with van der Waals surface area (Å²) in [5.74, 6) is 1.95. The smallest absolute Gasteiger partial charge is 0.188 e. The summed E-state index contributed by atoms with van der Waals surface area (Å²) in [6.07, 6.45) is 7.69. The van der Waals surface area contributed by atoms with Gasteiger partial charge >= 0.3 is 0 Å². The molecule has 1 unspecified atom stereocenters. The number of pyridine rings is 2. The van der Waals surface area contributed by atoms with E-state index in [9.17, 15) is 5.21 Å². The van der Waals surface area contributed by atoms with Gasteiger partial charge < -0.3 is 25.0 Å². The fraction of sp³-hybridized carbons (Fsp3) is 0.520. The number of amidine groups is 1. The van der Waals surface area contributed by atoms with Crippen molar-refractivity contribution < 1.29 is 14.7 Å². The Bertz CT molecular complexity index is 1180. The second-order valence-electron chi connectivity index (χ2n) is 9.21. The molecule has 188 valence electrons. The number of halogens is 1. The Morgan fingerprint density at radius 2 is 2.03 bits per heavy atom. The Kier molecular flexibility index (Phi) is 8.20. The van der Waals surface area contributed by atoms with Crippen molar-refractivity contribution in [3.63, 3.8) is 0 Å². The number of methoxy groups -OCH3 is 1. The van der Waals surface area contributed by atoms with Gasteiger partial charge in [-0.2, -0.15) is 0 Å². The molecule has 1 atom stereocenters. The number of nitrogens with two attached hydrogens (primary N) is 1. The lowest BCUT2D eigenvalue weighted by atomic mass is 9.83. The maximum absolute atomic E-state index is 9.32. The summed E-state index contributed by atoms with van der Waals surface area (Å²) in [6.45, 7) is 5.96. The number of hydrogen-bond donors (Lipinski definition) is 2. The monoisotopic (exact) mass is 500 g/mol. The van der Waals surface area contributed by atoms with Crippen LogP contribution in [-0.4, -0.2) is 50.9 Å². The first-order valence-electron chi connectivity index (χ1n) is 12.1. The van der Waals surface area contributed by atoms with E-state index in [-0.39, 0.29) is 11.9 Å². The molecule has 0 amide bonds. The molecule has 4 rings (SSSR count). The summed E-state index contributed by atoms with van der Waals surface area (Å²) in [4.78, 5) is 14.0. The normalized spacial score (nSPS) is 19.8. The lowest BCUT2D eigenvalue weighted by Gasteiger charge is -2.28. The Morgan fingerprint density at radius 1 is 1.26 bits per heavy atom. The second kappa shape index (κ2) is 11.3. The topological polar surface area (TPSA) is 121 Å². The predicted octanol–water partition coefficient (Wildman–Crippen LogP) is 4.79. The molecular formula is C25H33ClN6O3. The molecule has 35 heavy (non-hydrogen) atoms. The third kappa shape index (κ3) is 5.58. The molecule has 10 heteroatoms. The van der Waals surface area contributed by atoms with Crippen molar-refractivity contribution >= 4 is 28.5 Å². The molecular weight excluding hydrogens is 468 g/mol. The minimum Gasteiger partial charge on any atom is -0.409 e. The molecule has 1 fully saturated rings. The number of fused-ring (bicyclic) bond motifs is 1. The van der Waals surface area contributed by atoms with Crippen LogP contribution in [-0.2, 0) is 16.0 Å². The minimum absolute atomic E-state index is 0.0984. The van der Waals surface area contributed by atoms with Crippen LogP contribution in [0.2, 0.25) is 5.02 Å². The van der Waals surface area contributed by atoms with Crippen LogP contribution in [0.5, 0.6) is 0 Å². The van der Waals surface area contributed by atoms with E-state index in [1.807, 2.05) is 6.92 Å². The van der Waals surface area contributed by atoms with Crippen LogP contribution in [0.15, 0.2) is 29.7 Å². The molecule has 0 saturated heterocycles. The highest BCUT2D eigenvalue weighted by Crippen LogP contribution is 2.35. The molecule has 3 heterocycles. The first-order valence-corrected chi connectivity index (χ1v) is 12.4. The third-order valence-electron chi connectivity index (χ3n) is 6.65. The van der Waals surface area contributed by atoms with Crippen molar-refractivity contribution in [1.82, 2.24) is 19.5 Å². The van der Waals surface area contributed by atoms with Gasteiger partial charge in [0.25, 0.3) is 0 Å². The maximum atomic E-state index is 9.32. The van der Waals surface area contributed by atoms with E-state index >= 15 is 0 Å². The lowest BCUT2D eigenvalue weighted by molar-refractivity contribution is -0.00438. The fourth-order valence-corrected chi connectivity index (χ4v) is 5.02. The van der Waals surface area contributed by atoms with Crippen LogP contribution in [0.25, 0.3) is 22.3 Å². The average Bonchev–Trinajstić information content (AvgIpc) is 3.22. The van der Waals surface area contributed by atoms with Gasteiger partial charge in [0.1, 0.15) is 17.6 Å². The van der Waals surface area contributed by atoms with Gasteiger partial charge in [0, 0.05) is 38.2 Å². The quantitative estimate of drug-likeness (QED) is 0.187. The molecule has 0 aromatic carbocycles. The van der Waals surface area contributed by atoms with Crippen LogP contribution < -0.4 is 5.73 Å². The first-order chi connectivity index (χ1) is 16.9. The van der Waals surface area contributed by atoms with Crippen LogP contribution in [0, 0.1) is 11.8 Å². The largest absolute Gasteiger partial charge is 0.409 e. The summed E-state index contributed by atoms with van der Waals surface area (Å²) < 4.78 is 13.8. The number of aromatic nitrogens is 4. The number of oxime groups is 1. The van der Waals surface area contributed by atoms with Gasteiger partial charge in [0.2, 0.25) is 0 Å². The van der Waals surface area contributed by atoms with Crippen LogP contribution >= 0.6 is 11.6 Å². The molecule has 1 saturated carbocycles. The highest BCUT2D eigenvalue weighted by molar-refractivity contribution is 6.30. The fourth-order valence-electron chi connectivity index (χ4n) is 4.85. The Balaban J connectivity index is 1.96. The summed E-state index contributed by atoms with van der Waals surface area (Å²) in [6, 6.07) is 3.55. The zero-order chi connectivity index (χ0) is 24.9.